The zero-order valence-corrected chi connectivity index (χ0v) is 7.29. The lowest BCUT2D eigenvalue weighted by molar-refractivity contribution is -0.148. The normalized spacial score (nSPS) is 21.2. The summed E-state index contributed by atoms with van der Waals surface area (Å²) in [6.07, 6.45) is 5.81. The summed E-state index contributed by atoms with van der Waals surface area (Å²) in [5, 5.41) is 0. The molecule has 0 spiro atoms. The van der Waals surface area contributed by atoms with Crippen molar-refractivity contribution in [2.24, 2.45) is 5.92 Å². The second-order valence-electron chi connectivity index (χ2n) is 2.77. The van der Waals surface area contributed by atoms with Crippen molar-refractivity contribution in [2.75, 3.05) is 20.3 Å². The number of allylic oxidation sites excluding steroid dienone is 1. The van der Waals surface area contributed by atoms with Crippen LogP contribution in [0, 0.1) is 5.92 Å². The molecular weight excluding hydrogens is 156 g/mol. The van der Waals surface area contributed by atoms with E-state index in [4.69, 9.17) is 9.47 Å². The smallest absolute Gasteiger partial charge is 0.312 e. The van der Waals surface area contributed by atoms with Crippen LogP contribution in [0.15, 0.2) is 12.2 Å². The standard InChI is InChI=1S/C9H14O3/c1-11-6-7-12-9(10)8-4-2-3-5-8/h2,4,8H,3,5-7H2,1H3/t8-/m1/s1. The van der Waals surface area contributed by atoms with Crippen LogP contribution in [0.2, 0.25) is 0 Å². The molecule has 0 unspecified atom stereocenters. The fraction of sp³-hybridized carbons (Fsp3) is 0.667. The number of methoxy groups -OCH3 is 1. The molecule has 0 saturated carbocycles. The molecule has 1 atom stereocenters. The monoisotopic (exact) mass is 170 g/mol. The first-order chi connectivity index (χ1) is 5.84. The Bertz CT molecular complexity index is 175. The lowest BCUT2D eigenvalue weighted by Gasteiger charge is -2.07. The largest absolute Gasteiger partial charge is 0.463 e. The third-order valence-electron chi connectivity index (χ3n) is 1.85. The quantitative estimate of drug-likeness (QED) is 0.360. The Morgan fingerprint density at radius 1 is 1.58 bits per heavy atom. The van der Waals surface area contributed by atoms with Gasteiger partial charge >= 0.3 is 5.97 Å². The van der Waals surface area contributed by atoms with Gasteiger partial charge in [0.25, 0.3) is 0 Å². The van der Waals surface area contributed by atoms with Crippen LogP contribution < -0.4 is 0 Å². The summed E-state index contributed by atoms with van der Waals surface area (Å²) in [4.78, 5) is 11.2. The SMILES string of the molecule is COCCOC(=O)[C@@H]1C=CCC1. The Morgan fingerprint density at radius 3 is 3.00 bits per heavy atom. The predicted molar refractivity (Wildman–Crippen MR) is 44.7 cm³/mol. The maximum absolute atomic E-state index is 11.2. The van der Waals surface area contributed by atoms with Gasteiger partial charge in [0.2, 0.25) is 0 Å². The summed E-state index contributed by atoms with van der Waals surface area (Å²) in [5.41, 5.74) is 0. The van der Waals surface area contributed by atoms with Crippen LogP contribution in [0.4, 0.5) is 0 Å². The number of hydrogen-bond acceptors (Lipinski definition) is 3. The van der Waals surface area contributed by atoms with Crippen LogP contribution in [0.5, 0.6) is 0 Å². The van der Waals surface area contributed by atoms with E-state index in [1.165, 1.54) is 0 Å². The van der Waals surface area contributed by atoms with Crippen LogP contribution >= 0.6 is 0 Å². The van der Waals surface area contributed by atoms with E-state index < -0.39 is 0 Å². The highest BCUT2D eigenvalue weighted by atomic mass is 16.6. The maximum Gasteiger partial charge on any atom is 0.312 e. The van der Waals surface area contributed by atoms with Crippen molar-refractivity contribution in [2.45, 2.75) is 12.8 Å². The molecule has 1 aliphatic rings. The van der Waals surface area contributed by atoms with Gasteiger partial charge in [-0.25, -0.2) is 0 Å². The van der Waals surface area contributed by atoms with Crippen molar-refractivity contribution in [3.8, 4) is 0 Å². The minimum atomic E-state index is -0.124. The van der Waals surface area contributed by atoms with Crippen LogP contribution in [-0.2, 0) is 14.3 Å². The highest BCUT2D eigenvalue weighted by molar-refractivity contribution is 5.74. The first kappa shape index (κ1) is 9.26. The molecular formula is C9H14O3. The number of carbonyl (C=O) groups excluding carboxylic acids is 1. The first-order valence-electron chi connectivity index (χ1n) is 4.17. The van der Waals surface area contributed by atoms with Crippen LogP contribution in [0.25, 0.3) is 0 Å². The molecule has 1 aliphatic carbocycles. The van der Waals surface area contributed by atoms with Crippen molar-refractivity contribution in [1.82, 2.24) is 0 Å². The lowest BCUT2D eigenvalue weighted by Crippen LogP contribution is -2.16. The Morgan fingerprint density at radius 2 is 2.42 bits per heavy atom. The van der Waals surface area contributed by atoms with Crippen LogP contribution in [0.3, 0.4) is 0 Å². The molecule has 0 N–H and O–H groups in total. The Balaban J connectivity index is 2.14. The lowest BCUT2D eigenvalue weighted by atomic mass is 10.1. The van der Waals surface area contributed by atoms with E-state index >= 15 is 0 Å². The van der Waals surface area contributed by atoms with E-state index in [0.29, 0.717) is 13.2 Å². The molecule has 0 bridgehead atoms. The predicted octanol–water partition coefficient (Wildman–Crippen LogP) is 1.14. The minimum Gasteiger partial charge on any atom is -0.463 e. The summed E-state index contributed by atoms with van der Waals surface area (Å²) < 4.78 is 9.71. The molecule has 0 aromatic rings. The average Bonchev–Trinajstić information content (AvgIpc) is 2.56. The van der Waals surface area contributed by atoms with Gasteiger partial charge in [-0.15, -0.1) is 0 Å². The van der Waals surface area contributed by atoms with Gasteiger partial charge in [0.1, 0.15) is 6.61 Å². The topological polar surface area (TPSA) is 35.5 Å². The van der Waals surface area contributed by atoms with E-state index in [1.807, 2.05) is 12.2 Å². The van der Waals surface area contributed by atoms with Crippen molar-refractivity contribution in [3.05, 3.63) is 12.2 Å². The third-order valence-corrected chi connectivity index (χ3v) is 1.85. The molecule has 12 heavy (non-hydrogen) atoms. The van der Waals surface area contributed by atoms with Gasteiger partial charge < -0.3 is 9.47 Å². The number of ether oxygens (including phenoxy) is 2. The van der Waals surface area contributed by atoms with E-state index in [0.717, 1.165) is 12.8 Å². The molecule has 0 amide bonds. The zero-order valence-electron chi connectivity index (χ0n) is 7.29. The number of hydrogen-bond donors (Lipinski definition) is 0. The number of carbonyl (C=O) groups is 1. The summed E-state index contributed by atoms with van der Waals surface area (Å²) in [6.45, 7) is 0.835. The van der Waals surface area contributed by atoms with E-state index in [-0.39, 0.29) is 11.9 Å². The van der Waals surface area contributed by atoms with Gasteiger partial charge in [-0.1, -0.05) is 12.2 Å². The fourth-order valence-electron chi connectivity index (χ4n) is 1.16. The molecule has 0 aromatic heterocycles. The second kappa shape index (κ2) is 4.93. The van der Waals surface area contributed by atoms with Gasteiger partial charge in [0.05, 0.1) is 12.5 Å². The van der Waals surface area contributed by atoms with Gasteiger partial charge in [-0.3, -0.25) is 4.79 Å². The molecule has 0 aromatic carbocycles. The average molecular weight is 170 g/mol. The number of esters is 1. The maximum atomic E-state index is 11.2. The summed E-state index contributed by atoms with van der Waals surface area (Å²) in [5.74, 6) is -0.136. The van der Waals surface area contributed by atoms with Crippen molar-refractivity contribution in [3.63, 3.8) is 0 Å². The second-order valence-corrected chi connectivity index (χ2v) is 2.77. The fourth-order valence-corrected chi connectivity index (χ4v) is 1.16. The van der Waals surface area contributed by atoms with Crippen molar-refractivity contribution in [1.29, 1.82) is 0 Å². The van der Waals surface area contributed by atoms with Gasteiger partial charge in [0.15, 0.2) is 0 Å². The molecule has 0 saturated heterocycles. The number of rotatable bonds is 4. The molecule has 0 aliphatic heterocycles. The van der Waals surface area contributed by atoms with Gasteiger partial charge in [-0.05, 0) is 12.8 Å². The molecule has 3 nitrogen and oxygen atoms in total. The summed E-state index contributed by atoms with van der Waals surface area (Å²) in [7, 11) is 1.59. The minimum absolute atomic E-state index is 0.0122. The molecule has 0 radical (unpaired) electrons. The molecule has 68 valence electrons. The molecule has 0 heterocycles. The van der Waals surface area contributed by atoms with Crippen LogP contribution in [-0.4, -0.2) is 26.3 Å². The van der Waals surface area contributed by atoms with Crippen LogP contribution in [0.1, 0.15) is 12.8 Å². The van der Waals surface area contributed by atoms with Crippen molar-refractivity contribution >= 4 is 5.97 Å². The zero-order chi connectivity index (χ0) is 8.81. The highest BCUT2D eigenvalue weighted by Crippen LogP contribution is 2.17. The Hall–Kier alpha value is -0.830. The summed E-state index contributed by atoms with van der Waals surface area (Å²) >= 11 is 0. The van der Waals surface area contributed by atoms with Gasteiger partial charge in [-0.2, -0.15) is 0 Å². The van der Waals surface area contributed by atoms with E-state index in [2.05, 4.69) is 0 Å². The van der Waals surface area contributed by atoms with E-state index in [9.17, 15) is 4.79 Å². The van der Waals surface area contributed by atoms with E-state index in [1.54, 1.807) is 7.11 Å². The van der Waals surface area contributed by atoms with Crippen molar-refractivity contribution < 1.29 is 14.3 Å². The molecule has 3 heteroatoms. The molecule has 0 fully saturated rings. The van der Waals surface area contributed by atoms with Gasteiger partial charge in [0, 0.05) is 7.11 Å². The Kier molecular flexibility index (Phi) is 3.80. The first-order valence-corrected chi connectivity index (χ1v) is 4.17. The Labute approximate surface area is 72.4 Å². The third kappa shape index (κ3) is 2.66. The molecule has 1 rings (SSSR count). The summed E-state index contributed by atoms with van der Waals surface area (Å²) in [6, 6.07) is 0. The highest BCUT2D eigenvalue weighted by Gasteiger charge is 2.18.